The number of carbonyl (C=O) groups excluding carboxylic acids is 2. The van der Waals surface area contributed by atoms with Gasteiger partial charge in [0.05, 0.1) is 26.5 Å². The zero-order valence-corrected chi connectivity index (χ0v) is 16.1. The maximum atomic E-state index is 12.1. The molecule has 2 aromatic rings. The Morgan fingerprint density at radius 3 is 2.36 bits per heavy atom. The monoisotopic (exact) mass is 383 g/mol. The van der Waals surface area contributed by atoms with Crippen LogP contribution >= 0.6 is 0 Å². The van der Waals surface area contributed by atoms with Crippen LogP contribution in [0.5, 0.6) is 11.5 Å². The van der Waals surface area contributed by atoms with Crippen LogP contribution in [0.3, 0.4) is 0 Å². The van der Waals surface area contributed by atoms with Crippen molar-refractivity contribution in [2.45, 2.75) is 19.8 Å². The fraction of sp³-hybridized carbons (Fsp3) is 0.286. The van der Waals surface area contributed by atoms with Crippen LogP contribution in [0.15, 0.2) is 53.6 Å². The van der Waals surface area contributed by atoms with Crippen molar-refractivity contribution in [1.82, 2.24) is 10.7 Å². The van der Waals surface area contributed by atoms with Gasteiger partial charge in [-0.3, -0.25) is 9.59 Å². The second-order valence-corrected chi connectivity index (χ2v) is 5.98. The van der Waals surface area contributed by atoms with Gasteiger partial charge in [0.1, 0.15) is 11.5 Å². The zero-order valence-electron chi connectivity index (χ0n) is 16.1. The van der Waals surface area contributed by atoms with Crippen molar-refractivity contribution in [2.24, 2.45) is 5.10 Å². The molecule has 0 heterocycles. The molecule has 0 spiro atoms. The van der Waals surface area contributed by atoms with Gasteiger partial charge in [-0.15, -0.1) is 0 Å². The minimum Gasteiger partial charge on any atom is -0.497 e. The van der Waals surface area contributed by atoms with E-state index in [0.29, 0.717) is 12.2 Å². The van der Waals surface area contributed by atoms with Crippen LogP contribution in [-0.4, -0.2) is 38.3 Å². The van der Waals surface area contributed by atoms with Crippen molar-refractivity contribution in [1.29, 1.82) is 0 Å². The molecule has 0 bridgehead atoms. The third kappa shape index (κ3) is 7.11. The molecule has 28 heavy (non-hydrogen) atoms. The molecule has 2 aromatic carbocycles. The third-order valence-electron chi connectivity index (χ3n) is 3.81. The van der Waals surface area contributed by atoms with E-state index in [1.165, 1.54) is 6.21 Å². The number of unbranched alkanes of at least 4 members (excludes halogenated alkanes) is 1. The molecule has 0 fully saturated rings. The summed E-state index contributed by atoms with van der Waals surface area (Å²) in [7, 11) is 1.59. The van der Waals surface area contributed by atoms with Crippen molar-refractivity contribution in [3.63, 3.8) is 0 Å². The van der Waals surface area contributed by atoms with Gasteiger partial charge >= 0.3 is 0 Å². The molecule has 2 rings (SSSR count). The summed E-state index contributed by atoms with van der Waals surface area (Å²) in [6.45, 7) is 2.57. The van der Waals surface area contributed by atoms with Gasteiger partial charge in [-0.1, -0.05) is 13.3 Å². The summed E-state index contributed by atoms with van der Waals surface area (Å²) >= 11 is 0. The first-order chi connectivity index (χ1) is 13.6. The fourth-order valence-electron chi connectivity index (χ4n) is 2.21. The van der Waals surface area contributed by atoms with Gasteiger partial charge in [0.2, 0.25) is 0 Å². The largest absolute Gasteiger partial charge is 0.497 e. The standard InChI is InChI=1S/C21H25N3O4/c1-3-4-13-28-19-11-7-17(8-12-19)21(26)22-15-20(25)24-23-14-16-5-9-18(27-2)10-6-16/h5-12,14H,3-4,13,15H2,1-2H3,(H,22,26)(H,24,25)/b23-14-. The molecule has 0 aliphatic rings. The summed E-state index contributed by atoms with van der Waals surface area (Å²) in [5, 5.41) is 6.41. The number of methoxy groups -OCH3 is 1. The summed E-state index contributed by atoms with van der Waals surface area (Å²) < 4.78 is 10.6. The minimum absolute atomic E-state index is 0.173. The predicted molar refractivity (Wildman–Crippen MR) is 108 cm³/mol. The second kappa shape index (κ2) is 11.4. The Bertz CT molecular complexity index is 786. The van der Waals surface area contributed by atoms with Gasteiger partial charge < -0.3 is 14.8 Å². The van der Waals surface area contributed by atoms with Gasteiger partial charge in [-0.2, -0.15) is 5.10 Å². The summed E-state index contributed by atoms with van der Waals surface area (Å²) in [5.74, 6) is 0.701. The molecular formula is C21H25N3O4. The van der Waals surface area contributed by atoms with Crippen LogP contribution in [0, 0.1) is 0 Å². The van der Waals surface area contributed by atoms with Crippen molar-refractivity contribution in [2.75, 3.05) is 20.3 Å². The molecular weight excluding hydrogens is 358 g/mol. The fourth-order valence-corrected chi connectivity index (χ4v) is 2.21. The molecule has 2 amide bonds. The molecule has 0 aliphatic heterocycles. The van der Waals surface area contributed by atoms with Crippen LogP contribution in [-0.2, 0) is 4.79 Å². The first-order valence-corrected chi connectivity index (χ1v) is 9.09. The molecule has 0 saturated carbocycles. The van der Waals surface area contributed by atoms with E-state index in [1.807, 2.05) is 12.1 Å². The molecule has 0 saturated heterocycles. The number of hydrogen-bond donors (Lipinski definition) is 2. The van der Waals surface area contributed by atoms with E-state index in [4.69, 9.17) is 9.47 Å². The number of hydrazone groups is 1. The summed E-state index contributed by atoms with van der Waals surface area (Å²) in [6, 6.07) is 14.0. The summed E-state index contributed by atoms with van der Waals surface area (Å²) in [5.41, 5.74) is 3.64. The third-order valence-corrected chi connectivity index (χ3v) is 3.81. The van der Waals surface area contributed by atoms with Crippen LogP contribution in [0.25, 0.3) is 0 Å². The maximum absolute atomic E-state index is 12.1. The average molecular weight is 383 g/mol. The Kier molecular flexibility index (Phi) is 8.52. The highest BCUT2D eigenvalue weighted by molar-refractivity contribution is 5.96. The first-order valence-electron chi connectivity index (χ1n) is 9.09. The number of carbonyl (C=O) groups is 2. The molecule has 0 unspecified atom stereocenters. The molecule has 148 valence electrons. The Hall–Kier alpha value is -3.35. The van der Waals surface area contributed by atoms with Crippen LogP contribution in [0.1, 0.15) is 35.7 Å². The van der Waals surface area contributed by atoms with Crippen LogP contribution in [0.2, 0.25) is 0 Å². The van der Waals surface area contributed by atoms with Crippen LogP contribution < -0.4 is 20.2 Å². The van der Waals surface area contributed by atoms with Crippen molar-refractivity contribution >= 4 is 18.0 Å². The average Bonchev–Trinajstić information content (AvgIpc) is 2.73. The van der Waals surface area contributed by atoms with Gasteiger partial charge in [-0.05, 0) is 60.5 Å². The van der Waals surface area contributed by atoms with E-state index in [2.05, 4.69) is 22.8 Å². The maximum Gasteiger partial charge on any atom is 0.259 e. The molecule has 0 aliphatic carbocycles. The first kappa shape index (κ1) is 21.0. The smallest absolute Gasteiger partial charge is 0.259 e. The Morgan fingerprint density at radius 2 is 1.71 bits per heavy atom. The lowest BCUT2D eigenvalue weighted by atomic mass is 10.2. The highest BCUT2D eigenvalue weighted by Crippen LogP contribution is 2.12. The van der Waals surface area contributed by atoms with Gasteiger partial charge in [0, 0.05) is 5.56 Å². The normalized spacial score (nSPS) is 10.5. The number of rotatable bonds is 10. The Morgan fingerprint density at radius 1 is 1.04 bits per heavy atom. The molecule has 2 N–H and O–H groups in total. The van der Waals surface area contributed by atoms with E-state index in [-0.39, 0.29) is 12.5 Å². The second-order valence-electron chi connectivity index (χ2n) is 5.98. The van der Waals surface area contributed by atoms with Crippen LogP contribution in [0.4, 0.5) is 0 Å². The van der Waals surface area contributed by atoms with E-state index >= 15 is 0 Å². The lowest BCUT2D eigenvalue weighted by Gasteiger charge is -2.07. The number of nitrogens with zero attached hydrogens (tertiary/aromatic N) is 1. The van der Waals surface area contributed by atoms with Crippen molar-refractivity contribution in [3.8, 4) is 11.5 Å². The number of amides is 2. The van der Waals surface area contributed by atoms with Crippen molar-refractivity contribution in [3.05, 3.63) is 59.7 Å². The predicted octanol–water partition coefficient (Wildman–Crippen LogP) is 2.75. The minimum atomic E-state index is -0.419. The molecule has 0 radical (unpaired) electrons. The Balaban J connectivity index is 1.73. The van der Waals surface area contributed by atoms with Gasteiger partial charge in [0.25, 0.3) is 11.8 Å². The lowest BCUT2D eigenvalue weighted by molar-refractivity contribution is -0.120. The molecule has 0 aromatic heterocycles. The number of nitrogens with one attached hydrogen (secondary N) is 2. The molecule has 0 atom stereocenters. The Labute approximate surface area is 164 Å². The van der Waals surface area contributed by atoms with Gasteiger partial charge in [-0.25, -0.2) is 5.43 Å². The van der Waals surface area contributed by atoms with Gasteiger partial charge in [0.15, 0.2) is 0 Å². The van der Waals surface area contributed by atoms with E-state index < -0.39 is 5.91 Å². The highest BCUT2D eigenvalue weighted by atomic mass is 16.5. The highest BCUT2D eigenvalue weighted by Gasteiger charge is 2.08. The number of benzene rings is 2. The summed E-state index contributed by atoms with van der Waals surface area (Å²) in [4.78, 5) is 23.9. The summed E-state index contributed by atoms with van der Waals surface area (Å²) in [6.07, 6.45) is 3.56. The molecule has 7 heteroatoms. The SMILES string of the molecule is CCCCOc1ccc(C(=O)NCC(=O)N/N=C\c2ccc(OC)cc2)cc1. The zero-order chi connectivity index (χ0) is 20.2. The number of ether oxygens (including phenoxy) is 2. The van der Waals surface area contributed by atoms with E-state index in [1.54, 1.807) is 43.5 Å². The quantitative estimate of drug-likeness (QED) is 0.375. The topological polar surface area (TPSA) is 89.0 Å². The number of hydrogen-bond acceptors (Lipinski definition) is 5. The lowest BCUT2D eigenvalue weighted by Crippen LogP contribution is -2.34. The molecule has 7 nitrogen and oxygen atoms in total. The van der Waals surface area contributed by atoms with E-state index in [0.717, 1.165) is 29.9 Å². The van der Waals surface area contributed by atoms with E-state index in [9.17, 15) is 9.59 Å². The van der Waals surface area contributed by atoms with Crippen molar-refractivity contribution < 1.29 is 19.1 Å².